The normalized spacial score (nSPS) is 17.6. The second kappa shape index (κ2) is 6.90. The zero-order valence-electron chi connectivity index (χ0n) is 12.0. The quantitative estimate of drug-likeness (QED) is 0.775. The molecule has 1 aliphatic rings. The van der Waals surface area contributed by atoms with E-state index >= 15 is 0 Å². The SMILES string of the molecule is CCC(C)c1ccc(F)c(OCCN2CCCC2)c1. The van der Waals surface area contributed by atoms with Crippen LogP contribution in [0.3, 0.4) is 0 Å². The second-order valence-corrected chi connectivity index (χ2v) is 5.40. The van der Waals surface area contributed by atoms with Crippen LogP contribution in [0.5, 0.6) is 5.75 Å². The lowest BCUT2D eigenvalue weighted by Gasteiger charge is -2.16. The van der Waals surface area contributed by atoms with Gasteiger partial charge in [-0.3, -0.25) is 4.90 Å². The van der Waals surface area contributed by atoms with Gasteiger partial charge in [-0.25, -0.2) is 4.39 Å². The number of halogens is 1. The Labute approximate surface area is 115 Å². The zero-order valence-corrected chi connectivity index (χ0v) is 12.0. The number of nitrogens with zero attached hydrogens (tertiary/aromatic N) is 1. The Hall–Kier alpha value is -1.09. The van der Waals surface area contributed by atoms with Gasteiger partial charge in [0.2, 0.25) is 0 Å². The van der Waals surface area contributed by atoms with Crippen LogP contribution in [0, 0.1) is 5.82 Å². The van der Waals surface area contributed by atoms with Crippen molar-refractivity contribution >= 4 is 0 Å². The molecule has 0 saturated carbocycles. The molecular formula is C16H24FNO. The van der Waals surface area contributed by atoms with Crippen molar-refractivity contribution in [1.29, 1.82) is 0 Å². The summed E-state index contributed by atoms with van der Waals surface area (Å²) in [7, 11) is 0. The Bertz CT molecular complexity index is 402. The molecule has 0 aromatic heterocycles. The van der Waals surface area contributed by atoms with Crippen LogP contribution in [0.15, 0.2) is 18.2 Å². The lowest BCUT2D eigenvalue weighted by molar-refractivity contribution is 0.231. The Balaban J connectivity index is 1.90. The third-order valence-corrected chi connectivity index (χ3v) is 4.00. The molecule has 0 N–H and O–H groups in total. The monoisotopic (exact) mass is 265 g/mol. The molecule has 0 aliphatic carbocycles. The standard InChI is InChI=1S/C16H24FNO/c1-3-13(2)14-6-7-15(17)16(12-14)19-11-10-18-8-4-5-9-18/h6-7,12-13H,3-5,8-11H2,1-2H3. The van der Waals surface area contributed by atoms with Crippen LogP contribution in [0.25, 0.3) is 0 Å². The summed E-state index contributed by atoms with van der Waals surface area (Å²) in [4.78, 5) is 2.37. The summed E-state index contributed by atoms with van der Waals surface area (Å²) in [5, 5.41) is 0. The highest BCUT2D eigenvalue weighted by Gasteiger charge is 2.12. The molecule has 1 aliphatic heterocycles. The van der Waals surface area contributed by atoms with Crippen LogP contribution in [-0.4, -0.2) is 31.1 Å². The molecule has 1 atom stereocenters. The Morgan fingerprint density at radius 3 is 2.74 bits per heavy atom. The third kappa shape index (κ3) is 3.93. The Morgan fingerprint density at radius 2 is 2.05 bits per heavy atom. The zero-order chi connectivity index (χ0) is 13.7. The van der Waals surface area contributed by atoms with Gasteiger partial charge in [-0.1, -0.05) is 19.9 Å². The minimum atomic E-state index is -0.256. The highest BCUT2D eigenvalue weighted by atomic mass is 19.1. The van der Waals surface area contributed by atoms with E-state index in [1.165, 1.54) is 18.9 Å². The van der Waals surface area contributed by atoms with E-state index in [-0.39, 0.29) is 5.82 Å². The van der Waals surface area contributed by atoms with Crippen molar-refractivity contribution in [2.75, 3.05) is 26.2 Å². The molecule has 0 amide bonds. The van der Waals surface area contributed by atoms with Crippen LogP contribution in [0.2, 0.25) is 0 Å². The molecule has 0 spiro atoms. The highest BCUT2D eigenvalue weighted by Crippen LogP contribution is 2.25. The van der Waals surface area contributed by atoms with Gasteiger partial charge in [-0.05, 0) is 56.0 Å². The first-order chi connectivity index (χ1) is 9.20. The minimum absolute atomic E-state index is 0.256. The van der Waals surface area contributed by atoms with E-state index in [0.717, 1.165) is 31.6 Å². The van der Waals surface area contributed by atoms with Crippen LogP contribution in [-0.2, 0) is 0 Å². The van der Waals surface area contributed by atoms with Crippen LogP contribution in [0.1, 0.15) is 44.6 Å². The van der Waals surface area contributed by atoms with E-state index in [2.05, 4.69) is 18.7 Å². The summed E-state index contributed by atoms with van der Waals surface area (Å²) in [6.45, 7) is 8.06. The van der Waals surface area contributed by atoms with Crippen LogP contribution >= 0.6 is 0 Å². The molecule has 1 saturated heterocycles. The van der Waals surface area contributed by atoms with Crippen LogP contribution < -0.4 is 4.74 Å². The first-order valence-corrected chi connectivity index (χ1v) is 7.35. The van der Waals surface area contributed by atoms with E-state index in [9.17, 15) is 4.39 Å². The van der Waals surface area contributed by atoms with Crippen LogP contribution in [0.4, 0.5) is 4.39 Å². The van der Waals surface area contributed by atoms with Gasteiger partial charge in [0.1, 0.15) is 6.61 Å². The summed E-state index contributed by atoms with van der Waals surface area (Å²) in [5.41, 5.74) is 1.15. The van der Waals surface area contributed by atoms with Gasteiger partial charge in [0.15, 0.2) is 11.6 Å². The molecule has 1 fully saturated rings. The predicted molar refractivity (Wildman–Crippen MR) is 76.3 cm³/mol. The summed E-state index contributed by atoms with van der Waals surface area (Å²) in [5.74, 6) is 0.590. The molecule has 2 nitrogen and oxygen atoms in total. The average molecular weight is 265 g/mol. The summed E-state index contributed by atoms with van der Waals surface area (Å²) in [6, 6.07) is 5.23. The van der Waals surface area contributed by atoms with Crippen molar-refractivity contribution in [3.8, 4) is 5.75 Å². The van der Waals surface area contributed by atoms with E-state index < -0.39 is 0 Å². The molecular weight excluding hydrogens is 241 g/mol. The lowest BCUT2D eigenvalue weighted by atomic mass is 9.98. The average Bonchev–Trinajstić information content (AvgIpc) is 2.93. The fourth-order valence-corrected chi connectivity index (χ4v) is 2.46. The van der Waals surface area contributed by atoms with Crippen molar-refractivity contribution in [2.24, 2.45) is 0 Å². The Morgan fingerprint density at radius 1 is 1.32 bits per heavy atom. The molecule has 106 valence electrons. The first-order valence-electron chi connectivity index (χ1n) is 7.35. The van der Waals surface area contributed by atoms with E-state index in [1.807, 2.05) is 12.1 Å². The number of hydrogen-bond donors (Lipinski definition) is 0. The first kappa shape index (κ1) is 14.3. The minimum Gasteiger partial charge on any atom is -0.489 e. The topological polar surface area (TPSA) is 12.5 Å². The van der Waals surface area contributed by atoms with Crippen molar-refractivity contribution in [2.45, 2.75) is 39.0 Å². The van der Waals surface area contributed by atoms with Crippen molar-refractivity contribution in [3.63, 3.8) is 0 Å². The molecule has 0 radical (unpaired) electrons. The number of ether oxygens (including phenoxy) is 1. The maximum atomic E-state index is 13.7. The van der Waals surface area contributed by atoms with E-state index in [4.69, 9.17) is 4.74 Å². The molecule has 0 bridgehead atoms. The number of rotatable bonds is 6. The second-order valence-electron chi connectivity index (χ2n) is 5.40. The molecule has 2 rings (SSSR count). The molecule has 19 heavy (non-hydrogen) atoms. The van der Waals surface area contributed by atoms with Gasteiger partial charge < -0.3 is 4.74 Å². The molecule has 3 heteroatoms. The van der Waals surface area contributed by atoms with Gasteiger partial charge in [0.05, 0.1) is 0 Å². The predicted octanol–water partition coefficient (Wildman–Crippen LogP) is 3.81. The van der Waals surface area contributed by atoms with Crippen molar-refractivity contribution < 1.29 is 9.13 Å². The number of benzene rings is 1. The third-order valence-electron chi connectivity index (χ3n) is 4.00. The molecule has 1 aromatic rings. The van der Waals surface area contributed by atoms with E-state index in [1.54, 1.807) is 0 Å². The summed E-state index contributed by atoms with van der Waals surface area (Å²) >= 11 is 0. The highest BCUT2D eigenvalue weighted by molar-refractivity contribution is 5.32. The molecule has 1 heterocycles. The van der Waals surface area contributed by atoms with E-state index in [0.29, 0.717) is 18.3 Å². The number of likely N-dealkylation sites (tertiary alicyclic amines) is 1. The van der Waals surface area contributed by atoms with Gasteiger partial charge in [0.25, 0.3) is 0 Å². The van der Waals surface area contributed by atoms with Crippen molar-refractivity contribution in [1.82, 2.24) is 4.90 Å². The lowest BCUT2D eigenvalue weighted by Crippen LogP contribution is -2.25. The fourth-order valence-electron chi connectivity index (χ4n) is 2.46. The largest absolute Gasteiger partial charge is 0.489 e. The smallest absolute Gasteiger partial charge is 0.165 e. The Kier molecular flexibility index (Phi) is 5.20. The van der Waals surface area contributed by atoms with Gasteiger partial charge in [-0.2, -0.15) is 0 Å². The number of hydrogen-bond acceptors (Lipinski definition) is 2. The molecule has 1 aromatic carbocycles. The van der Waals surface area contributed by atoms with Gasteiger partial charge in [-0.15, -0.1) is 0 Å². The maximum Gasteiger partial charge on any atom is 0.165 e. The maximum absolute atomic E-state index is 13.7. The fraction of sp³-hybridized carbons (Fsp3) is 0.625. The van der Waals surface area contributed by atoms with Gasteiger partial charge in [0, 0.05) is 6.54 Å². The summed E-state index contributed by atoms with van der Waals surface area (Å²) in [6.07, 6.45) is 3.61. The van der Waals surface area contributed by atoms with Gasteiger partial charge >= 0.3 is 0 Å². The molecule has 1 unspecified atom stereocenters. The van der Waals surface area contributed by atoms with Crippen molar-refractivity contribution in [3.05, 3.63) is 29.6 Å². The summed E-state index contributed by atoms with van der Waals surface area (Å²) < 4.78 is 19.3.